The van der Waals surface area contributed by atoms with Crippen molar-refractivity contribution in [3.63, 3.8) is 0 Å². The molecule has 120 valence electrons. The summed E-state index contributed by atoms with van der Waals surface area (Å²) in [5, 5.41) is 8.07. The fourth-order valence-electron chi connectivity index (χ4n) is 2.34. The fraction of sp³-hybridized carbons (Fsp3) is 0.294. The number of nitrogens with two attached hydrogens (primary N) is 1. The third-order valence-electron chi connectivity index (χ3n) is 3.54. The topological polar surface area (TPSA) is 87.0 Å². The number of rotatable bonds is 4. The number of hydrogen-bond donors (Lipinski definition) is 2. The Balaban J connectivity index is 2.28. The van der Waals surface area contributed by atoms with Gasteiger partial charge in [0, 0.05) is 10.6 Å². The minimum absolute atomic E-state index is 0.181. The van der Waals surface area contributed by atoms with Crippen molar-refractivity contribution >= 4 is 35.3 Å². The van der Waals surface area contributed by atoms with E-state index in [-0.39, 0.29) is 17.7 Å². The Hall–Kier alpha value is -2.27. The number of nitrogens with zero attached hydrogens (tertiary/aromatic N) is 3. The molecule has 1 aliphatic rings. The maximum atomic E-state index is 7.49. The number of amidine groups is 3. The number of benzene rings is 1. The van der Waals surface area contributed by atoms with Gasteiger partial charge in [-0.25, -0.2) is 9.98 Å². The Kier molecular flexibility index (Phi) is 5.82. The van der Waals surface area contributed by atoms with E-state index < -0.39 is 0 Å². The van der Waals surface area contributed by atoms with E-state index in [0.717, 1.165) is 19.1 Å². The largest absolute Gasteiger partial charge is 0.383 e. The van der Waals surface area contributed by atoms with Crippen LogP contribution >= 0.6 is 11.6 Å². The van der Waals surface area contributed by atoms with Gasteiger partial charge in [-0.05, 0) is 36.6 Å². The molecule has 1 atom stereocenters. The van der Waals surface area contributed by atoms with Gasteiger partial charge in [-0.15, -0.1) is 0 Å². The van der Waals surface area contributed by atoms with Crippen molar-refractivity contribution in [2.45, 2.75) is 32.7 Å². The van der Waals surface area contributed by atoms with Gasteiger partial charge in [-0.1, -0.05) is 37.6 Å². The Morgan fingerprint density at radius 1 is 1.43 bits per heavy atom. The van der Waals surface area contributed by atoms with Crippen molar-refractivity contribution in [1.29, 1.82) is 5.41 Å². The van der Waals surface area contributed by atoms with E-state index >= 15 is 0 Å². The molecule has 0 spiro atoms. The molecule has 1 aliphatic heterocycles. The molecule has 0 fully saturated rings. The fourth-order valence-corrected chi connectivity index (χ4v) is 2.53. The monoisotopic (exact) mass is 329 g/mol. The molecule has 0 radical (unpaired) electrons. The molecule has 23 heavy (non-hydrogen) atoms. The summed E-state index contributed by atoms with van der Waals surface area (Å²) in [4.78, 5) is 13.1. The average Bonchev–Trinajstić information content (AvgIpc) is 2.96. The molecule has 0 bridgehead atoms. The summed E-state index contributed by atoms with van der Waals surface area (Å²) < 4.78 is 0. The highest BCUT2D eigenvalue weighted by Crippen LogP contribution is 2.21. The van der Waals surface area contributed by atoms with E-state index in [2.05, 4.69) is 28.8 Å². The molecule has 0 amide bonds. The summed E-state index contributed by atoms with van der Waals surface area (Å²) in [7, 11) is 0. The normalized spacial score (nSPS) is 18.7. The molecule has 0 saturated carbocycles. The van der Waals surface area contributed by atoms with Gasteiger partial charge in [-0.3, -0.25) is 4.99 Å². The van der Waals surface area contributed by atoms with E-state index in [1.54, 1.807) is 18.2 Å². The van der Waals surface area contributed by atoms with Gasteiger partial charge in [0.05, 0.1) is 12.3 Å². The maximum absolute atomic E-state index is 7.49. The van der Waals surface area contributed by atoms with Gasteiger partial charge in [0.1, 0.15) is 11.7 Å². The molecule has 0 aromatic heterocycles. The first-order chi connectivity index (χ1) is 11.1. The SMILES string of the molecule is CCC1=CC(N=C(C=N)N=C(N)c2cccc(Cl)c2)=NC1CC. The zero-order valence-corrected chi connectivity index (χ0v) is 14.0. The highest BCUT2D eigenvalue weighted by Gasteiger charge is 2.17. The van der Waals surface area contributed by atoms with E-state index in [0.29, 0.717) is 16.4 Å². The van der Waals surface area contributed by atoms with Crippen LogP contribution < -0.4 is 5.73 Å². The second-order valence-electron chi connectivity index (χ2n) is 5.11. The van der Waals surface area contributed by atoms with Crippen molar-refractivity contribution in [3.05, 3.63) is 46.5 Å². The highest BCUT2D eigenvalue weighted by atomic mass is 35.5. The van der Waals surface area contributed by atoms with E-state index in [1.807, 2.05) is 12.1 Å². The molecule has 1 aromatic carbocycles. The van der Waals surface area contributed by atoms with Crippen LogP contribution in [0.3, 0.4) is 0 Å². The third-order valence-corrected chi connectivity index (χ3v) is 3.77. The lowest BCUT2D eigenvalue weighted by molar-refractivity contribution is 0.730. The van der Waals surface area contributed by atoms with Gasteiger partial charge in [0.25, 0.3) is 0 Å². The van der Waals surface area contributed by atoms with Crippen molar-refractivity contribution in [2.75, 3.05) is 0 Å². The predicted octanol–water partition coefficient (Wildman–Crippen LogP) is 3.62. The van der Waals surface area contributed by atoms with E-state index in [1.165, 1.54) is 5.57 Å². The Morgan fingerprint density at radius 2 is 2.22 bits per heavy atom. The van der Waals surface area contributed by atoms with Crippen LogP contribution in [0.1, 0.15) is 32.3 Å². The average molecular weight is 330 g/mol. The van der Waals surface area contributed by atoms with Gasteiger partial charge in [-0.2, -0.15) is 0 Å². The second-order valence-corrected chi connectivity index (χ2v) is 5.54. The van der Waals surface area contributed by atoms with Crippen LogP contribution in [0.2, 0.25) is 5.02 Å². The molecule has 6 heteroatoms. The first kappa shape index (κ1) is 17.1. The van der Waals surface area contributed by atoms with Gasteiger partial charge in [0.15, 0.2) is 5.84 Å². The van der Waals surface area contributed by atoms with Crippen molar-refractivity contribution in [3.8, 4) is 0 Å². The number of nitrogens with one attached hydrogen (secondary N) is 1. The molecule has 0 saturated heterocycles. The van der Waals surface area contributed by atoms with Crippen LogP contribution in [0.15, 0.2) is 50.9 Å². The van der Waals surface area contributed by atoms with Gasteiger partial charge in [0.2, 0.25) is 0 Å². The minimum atomic E-state index is 0.181. The molecular formula is C17H20ClN5. The lowest BCUT2D eigenvalue weighted by Gasteiger charge is -2.05. The number of aliphatic imine (C=N–C) groups is 3. The first-order valence-corrected chi connectivity index (χ1v) is 7.92. The summed E-state index contributed by atoms with van der Waals surface area (Å²) >= 11 is 5.95. The summed E-state index contributed by atoms with van der Waals surface area (Å²) in [5.74, 6) is 1.07. The standard InChI is InChI=1S/C17H20ClN5/c1-3-11-9-15(21-14(11)4-2)22-16(10-19)23-17(20)12-6-5-7-13(18)8-12/h5-10,14,19H,3-4H2,1-2H3,(H2,20,21,22,23). The van der Waals surface area contributed by atoms with Gasteiger partial charge >= 0.3 is 0 Å². The maximum Gasteiger partial charge on any atom is 0.174 e. The predicted molar refractivity (Wildman–Crippen MR) is 98.3 cm³/mol. The molecule has 2 rings (SSSR count). The quantitative estimate of drug-likeness (QED) is 0.641. The zero-order chi connectivity index (χ0) is 16.8. The Bertz CT molecular complexity index is 715. The van der Waals surface area contributed by atoms with E-state index in [4.69, 9.17) is 22.7 Å². The highest BCUT2D eigenvalue weighted by molar-refractivity contribution is 6.34. The van der Waals surface area contributed by atoms with Crippen molar-refractivity contribution in [2.24, 2.45) is 20.7 Å². The summed E-state index contributed by atoms with van der Waals surface area (Å²) in [6.45, 7) is 4.20. The lowest BCUT2D eigenvalue weighted by Crippen LogP contribution is -2.16. The molecule has 3 N–H and O–H groups in total. The summed E-state index contributed by atoms with van der Waals surface area (Å²) in [6.07, 6.45) is 4.91. The number of hydrogen-bond acceptors (Lipinski definition) is 3. The molecular weight excluding hydrogens is 310 g/mol. The van der Waals surface area contributed by atoms with Crippen LogP contribution in [0.25, 0.3) is 0 Å². The summed E-state index contributed by atoms with van der Waals surface area (Å²) in [5.41, 5.74) is 7.92. The van der Waals surface area contributed by atoms with Crippen LogP contribution in [-0.4, -0.2) is 29.8 Å². The van der Waals surface area contributed by atoms with Crippen LogP contribution in [-0.2, 0) is 0 Å². The Labute approximate surface area is 141 Å². The smallest absolute Gasteiger partial charge is 0.174 e. The lowest BCUT2D eigenvalue weighted by atomic mass is 10.1. The van der Waals surface area contributed by atoms with Gasteiger partial charge < -0.3 is 11.1 Å². The van der Waals surface area contributed by atoms with Crippen molar-refractivity contribution in [1.82, 2.24) is 0 Å². The summed E-state index contributed by atoms with van der Waals surface area (Å²) in [6, 6.07) is 7.27. The first-order valence-electron chi connectivity index (χ1n) is 7.54. The van der Waals surface area contributed by atoms with Crippen LogP contribution in [0.4, 0.5) is 0 Å². The molecule has 5 nitrogen and oxygen atoms in total. The second kappa shape index (κ2) is 7.83. The molecule has 1 heterocycles. The minimum Gasteiger partial charge on any atom is -0.383 e. The third kappa shape index (κ3) is 4.36. The number of halogens is 1. The van der Waals surface area contributed by atoms with Crippen LogP contribution in [0, 0.1) is 5.41 Å². The molecule has 1 aromatic rings. The van der Waals surface area contributed by atoms with Crippen LogP contribution in [0.5, 0.6) is 0 Å². The van der Waals surface area contributed by atoms with Crippen molar-refractivity contribution < 1.29 is 0 Å². The zero-order valence-electron chi connectivity index (χ0n) is 13.3. The molecule has 0 aliphatic carbocycles. The van der Waals surface area contributed by atoms with E-state index in [9.17, 15) is 0 Å². The Morgan fingerprint density at radius 3 is 2.78 bits per heavy atom. The molecule has 1 unspecified atom stereocenters.